The molecule has 2 heterocycles. The Morgan fingerprint density at radius 2 is 1.06 bits per heavy atom. The zero-order chi connectivity index (χ0) is 32.0. The highest BCUT2D eigenvalue weighted by molar-refractivity contribution is 7.13. The molecule has 0 fully saturated rings. The third kappa shape index (κ3) is 5.02. The quantitative estimate of drug-likeness (QED) is 0.169. The molecule has 9 rings (SSSR count). The predicted octanol–water partition coefficient (Wildman–Crippen LogP) is 11.3. The minimum Gasteiger partial charge on any atom is -0.310 e. The Morgan fingerprint density at radius 1 is 0.468 bits per heavy atom. The van der Waals surface area contributed by atoms with Crippen LogP contribution in [0.2, 0.25) is 0 Å². The molecule has 0 atom stereocenters. The van der Waals surface area contributed by atoms with E-state index in [1.807, 2.05) is 6.07 Å². The van der Waals surface area contributed by atoms with Gasteiger partial charge in [0.05, 0.1) is 1.37 Å². The average molecular weight is 641 g/mol. The Balaban J connectivity index is 1.16. The van der Waals surface area contributed by atoms with Crippen LogP contribution in [0.15, 0.2) is 151 Å². The standard InChI is InChI=1S/C40H25N5S2/c1-2-6-35-30(5-1)23-38(37-8-4-3-7-36(35)37)31-10-9-29-22-34(20-15-28(29)21-31)45(32-16-11-26(12-17-32)39-43-41-24-46-39)33-18-13-27(14-19-33)40-44-42-25-47-40/h1-25H/i15D. The van der Waals surface area contributed by atoms with Gasteiger partial charge in [-0.1, -0.05) is 89.4 Å². The molecule has 7 heteroatoms. The third-order valence-corrected chi connectivity index (χ3v) is 10.0. The molecule has 2 aromatic heterocycles. The van der Waals surface area contributed by atoms with E-state index in [1.165, 1.54) is 49.8 Å². The molecule has 5 nitrogen and oxygen atoms in total. The molecular weight excluding hydrogens is 615 g/mol. The number of aromatic nitrogens is 4. The first kappa shape index (κ1) is 26.5. The normalized spacial score (nSPS) is 11.7. The lowest BCUT2D eigenvalue weighted by Gasteiger charge is -2.26. The van der Waals surface area contributed by atoms with Gasteiger partial charge in [0.2, 0.25) is 0 Å². The van der Waals surface area contributed by atoms with E-state index >= 15 is 0 Å². The van der Waals surface area contributed by atoms with Gasteiger partial charge in [0, 0.05) is 28.2 Å². The van der Waals surface area contributed by atoms with Gasteiger partial charge < -0.3 is 4.90 Å². The van der Waals surface area contributed by atoms with Crippen LogP contribution < -0.4 is 4.90 Å². The highest BCUT2D eigenvalue weighted by Gasteiger charge is 2.16. The van der Waals surface area contributed by atoms with E-state index in [9.17, 15) is 1.37 Å². The van der Waals surface area contributed by atoms with Crippen LogP contribution in [-0.4, -0.2) is 20.4 Å². The van der Waals surface area contributed by atoms with Gasteiger partial charge in [-0.15, -0.1) is 20.4 Å². The minimum absolute atomic E-state index is 0.468. The summed E-state index contributed by atoms with van der Waals surface area (Å²) in [6, 6.07) is 47.1. The fourth-order valence-corrected chi connectivity index (χ4v) is 7.42. The third-order valence-electron chi connectivity index (χ3n) is 8.53. The van der Waals surface area contributed by atoms with Crippen molar-refractivity contribution in [3.63, 3.8) is 0 Å². The summed E-state index contributed by atoms with van der Waals surface area (Å²) in [6.45, 7) is 0. The van der Waals surface area contributed by atoms with E-state index in [2.05, 4.69) is 153 Å². The monoisotopic (exact) mass is 640 g/mol. The van der Waals surface area contributed by atoms with E-state index in [-0.39, 0.29) is 0 Å². The predicted molar refractivity (Wildman–Crippen MR) is 197 cm³/mol. The van der Waals surface area contributed by atoms with Crippen LogP contribution in [0.3, 0.4) is 0 Å². The van der Waals surface area contributed by atoms with E-state index in [0.717, 1.165) is 54.5 Å². The zero-order valence-electron chi connectivity index (χ0n) is 25.9. The summed E-state index contributed by atoms with van der Waals surface area (Å²) in [6.07, 6.45) is 0. The first-order chi connectivity index (χ1) is 23.7. The van der Waals surface area contributed by atoms with Gasteiger partial charge in [0.25, 0.3) is 0 Å². The van der Waals surface area contributed by atoms with Gasteiger partial charge in [-0.2, -0.15) is 0 Å². The molecule has 0 radical (unpaired) electrons. The van der Waals surface area contributed by atoms with Crippen LogP contribution >= 0.6 is 22.7 Å². The van der Waals surface area contributed by atoms with Crippen molar-refractivity contribution in [3.8, 4) is 32.3 Å². The van der Waals surface area contributed by atoms with Gasteiger partial charge in [-0.3, -0.25) is 0 Å². The lowest BCUT2D eigenvalue weighted by molar-refractivity contribution is 1.09. The number of rotatable bonds is 6. The van der Waals surface area contributed by atoms with Crippen molar-refractivity contribution in [1.82, 2.24) is 20.4 Å². The second-order valence-corrected chi connectivity index (χ2v) is 12.9. The van der Waals surface area contributed by atoms with Gasteiger partial charge in [0.1, 0.15) is 21.0 Å². The Morgan fingerprint density at radius 3 is 1.70 bits per heavy atom. The van der Waals surface area contributed by atoms with Crippen molar-refractivity contribution in [2.45, 2.75) is 0 Å². The maximum atomic E-state index is 9.28. The Bertz CT molecular complexity index is 2490. The molecule has 0 spiro atoms. The van der Waals surface area contributed by atoms with Crippen LogP contribution in [-0.2, 0) is 0 Å². The summed E-state index contributed by atoms with van der Waals surface area (Å²) in [7, 11) is 0. The number of nitrogens with zero attached hydrogens (tertiary/aromatic N) is 5. The SMILES string of the molecule is [2H]c1cc(N(c2ccc(-c3nncs3)cc2)c2ccc(-c3nncs3)cc2)cc2ccc(-c3cc4ccccc4c4ccccc34)cc12. The van der Waals surface area contributed by atoms with E-state index in [0.29, 0.717) is 6.04 Å². The fourth-order valence-electron chi connectivity index (χ4n) is 6.30. The first-order valence-corrected chi connectivity index (χ1v) is 16.9. The molecule has 0 saturated heterocycles. The smallest absolute Gasteiger partial charge is 0.147 e. The van der Waals surface area contributed by atoms with E-state index in [1.54, 1.807) is 11.0 Å². The molecule has 0 saturated carbocycles. The summed E-state index contributed by atoms with van der Waals surface area (Å²) >= 11 is 3.03. The maximum Gasteiger partial charge on any atom is 0.147 e. The topological polar surface area (TPSA) is 54.8 Å². The summed E-state index contributed by atoms with van der Waals surface area (Å²) in [5.41, 5.74) is 10.6. The second kappa shape index (κ2) is 11.6. The number of fused-ring (bicyclic) bond motifs is 4. The molecule has 0 N–H and O–H groups in total. The summed E-state index contributed by atoms with van der Waals surface area (Å²) in [5, 5.41) is 25.0. The molecule has 47 heavy (non-hydrogen) atoms. The first-order valence-electron chi connectivity index (χ1n) is 15.7. The summed E-state index contributed by atoms with van der Waals surface area (Å²) in [4.78, 5) is 2.19. The lowest BCUT2D eigenvalue weighted by atomic mass is 9.92. The van der Waals surface area contributed by atoms with E-state index in [4.69, 9.17) is 0 Å². The molecule has 0 amide bonds. The van der Waals surface area contributed by atoms with Crippen LogP contribution in [0.25, 0.3) is 64.6 Å². The number of anilines is 3. The molecule has 0 bridgehead atoms. The van der Waals surface area contributed by atoms with Crippen molar-refractivity contribution in [3.05, 3.63) is 151 Å². The van der Waals surface area contributed by atoms with Gasteiger partial charge in [0.15, 0.2) is 0 Å². The summed E-state index contributed by atoms with van der Waals surface area (Å²) < 4.78 is 9.28. The molecular formula is C40H25N5S2. The largest absolute Gasteiger partial charge is 0.310 e. The highest BCUT2D eigenvalue weighted by atomic mass is 32.1. The van der Waals surface area contributed by atoms with Crippen LogP contribution in [0, 0.1) is 0 Å². The van der Waals surface area contributed by atoms with Crippen LogP contribution in [0.5, 0.6) is 0 Å². The highest BCUT2D eigenvalue weighted by Crippen LogP contribution is 2.40. The number of hydrogen-bond donors (Lipinski definition) is 0. The average Bonchev–Trinajstić information content (AvgIpc) is 3.88. The van der Waals surface area contributed by atoms with E-state index < -0.39 is 0 Å². The number of hydrogen-bond acceptors (Lipinski definition) is 7. The Labute approximate surface area is 280 Å². The molecule has 7 aromatic carbocycles. The molecule has 0 aliphatic carbocycles. The van der Waals surface area contributed by atoms with Crippen molar-refractivity contribution < 1.29 is 1.37 Å². The van der Waals surface area contributed by atoms with Gasteiger partial charge >= 0.3 is 0 Å². The van der Waals surface area contributed by atoms with Crippen molar-refractivity contribution in [2.75, 3.05) is 4.90 Å². The van der Waals surface area contributed by atoms with Crippen LogP contribution in [0.1, 0.15) is 1.37 Å². The molecule has 222 valence electrons. The molecule has 9 aromatic rings. The molecule has 0 aliphatic rings. The summed E-state index contributed by atoms with van der Waals surface area (Å²) in [5.74, 6) is 0. The van der Waals surface area contributed by atoms with Gasteiger partial charge in [-0.25, -0.2) is 0 Å². The van der Waals surface area contributed by atoms with Gasteiger partial charge in [-0.05, 0) is 116 Å². The van der Waals surface area contributed by atoms with Crippen molar-refractivity contribution >= 4 is 72.1 Å². The van der Waals surface area contributed by atoms with Crippen LogP contribution in [0.4, 0.5) is 17.1 Å². The Hall–Kier alpha value is -5.76. The minimum atomic E-state index is 0.468. The maximum absolute atomic E-state index is 9.28. The fraction of sp³-hybridized carbons (Fsp3) is 0. The van der Waals surface area contributed by atoms with Crippen molar-refractivity contribution in [1.29, 1.82) is 0 Å². The molecule has 0 aliphatic heterocycles. The lowest BCUT2D eigenvalue weighted by Crippen LogP contribution is -2.09. The molecule has 0 unspecified atom stereocenters. The zero-order valence-corrected chi connectivity index (χ0v) is 26.5. The Kier molecular flexibility index (Phi) is 6.50. The van der Waals surface area contributed by atoms with Crippen molar-refractivity contribution in [2.24, 2.45) is 0 Å². The number of benzene rings is 7. The second-order valence-electron chi connectivity index (χ2n) is 11.3.